The van der Waals surface area contributed by atoms with Crippen LogP contribution in [0.3, 0.4) is 0 Å². The number of nitrogen functional groups attached to an aromatic ring is 1. The highest BCUT2D eigenvalue weighted by atomic mass is 19.2. The molecule has 2 aromatic rings. The van der Waals surface area contributed by atoms with Gasteiger partial charge < -0.3 is 10.7 Å². The zero-order valence-corrected chi connectivity index (χ0v) is 11.0. The summed E-state index contributed by atoms with van der Waals surface area (Å²) >= 11 is 0. The fourth-order valence-electron chi connectivity index (χ4n) is 1.82. The molecule has 4 N–H and O–H groups in total. The van der Waals surface area contributed by atoms with Gasteiger partial charge in [-0.15, -0.1) is 0 Å². The average Bonchev–Trinajstić information content (AvgIpc) is 2.47. The van der Waals surface area contributed by atoms with Gasteiger partial charge in [0.2, 0.25) is 0 Å². The molecule has 4 nitrogen and oxygen atoms in total. The number of anilines is 2. The van der Waals surface area contributed by atoms with Gasteiger partial charge in [-0.05, 0) is 42.8 Å². The number of halogens is 3. The average molecular weight is 295 g/mol. The maximum Gasteiger partial charge on any atom is 0.256 e. The second-order valence-corrected chi connectivity index (χ2v) is 4.35. The molecule has 0 aliphatic heterocycles. The van der Waals surface area contributed by atoms with Gasteiger partial charge in [-0.25, -0.2) is 13.2 Å². The van der Waals surface area contributed by atoms with Gasteiger partial charge >= 0.3 is 0 Å². The molecular weight excluding hydrogens is 283 g/mol. The van der Waals surface area contributed by atoms with Gasteiger partial charge in [0.1, 0.15) is 0 Å². The van der Waals surface area contributed by atoms with E-state index < -0.39 is 29.0 Å². The van der Waals surface area contributed by atoms with E-state index in [1.807, 2.05) is 0 Å². The number of rotatable bonds is 3. The number of nitrogens with one attached hydrogen (secondary N) is 2. The number of hydrogen-bond donors (Lipinski definition) is 3. The van der Waals surface area contributed by atoms with Crippen LogP contribution in [0.5, 0.6) is 0 Å². The third-order valence-electron chi connectivity index (χ3n) is 2.92. The second-order valence-electron chi connectivity index (χ2n) is 4.35. The van der Waals surface area contributed by atoms with Gasteiger partial charge in [-0.3, -0.25) is 10.6 Å². The molecule has 110 valence electrons. The van der Waals surface area contributed by atoms with E-state index in [4.69, 9.17) is 5.84 Å². The quantitative estimate of drug-likeness (QED) is 0.463. The Morgan fingerprint density at radius 2 is 1.81 bits per heavy atom. The van der Waals surface area contributed by atoms with E-state index in [0.29, 0.717) is 11.3 Å². The molecule has 2 rings (SSSR count). The van der Waals surface area contributed by atoms with Gasteiger partial charge in [0.25, 0.3) is 5.91 Å². The van der Waals surface area contributed by atoms with Crippen LogP contribution in [0.1, 0.15) is 15.9 Å². The lowest BCUT2D eigenvalue weighted by molar-refractivity contribution is 0.102. The minimum absolute atomic E-state index is 0.262. The monoisotopic (exact) mass is 295 g/mol. The lowest BCUT2D eigenvalue weighted by Crippen LogP contribution is -2.16. The maximum absolute atomic E-state index is 13.5. The first kappa shape index (κ1) is 14.9. The molecule has 0 bridgehead atoms. The highest BCUT2D eigenvalue weighted by molar-refractivity contribution is 6.05. The van der Waals surface area contributed by atoms with E-state index in [2.05, 4.69) is 10.7 Å². The van der Waals surface area contributed by atoms with Gasteiger partial charge in [0, 0.05) is 11.3 Å². The van der Waals surface area contributed by atoms with Crippen LogP contribution in [0.15, 0.2) is 30.3 Å². The third-order valence-corrected chi connectivity index (χ3v) is 2.92. The fraction of sp³-hybridized carbons (Fsp3) is 0.0714. The highest BCUT2D eigenvalue weighted by Gasteiger charge is 2.17. The molecule has 7 heteroatoms. The van der Waals surface area contributed by atoms with Gasteiger partial charge in [0.05, 0.1) is 5.69 Å². The molecule has 21 heavy (non-hydrogen) atoms. The van der Waals surface area contributed by atoms with Crippen LogP contribution in [-0.4, -0.2) is 5.91 Å². The Labute approximate surface area is 118 Å². The Balaban J connectivity index is 2.28. The summed E-state index contributed by atoms with van der Waals surface area (Å²) in [6.45, 7) is 1.66. The summed E-state index contributed by atoms with van der Waals surface area (Å²) in [5, 5.41) is 2.20. The smallest absolute Gasteiger partial charge is 0.256 e. The summed E-state index contributed by atoms with van der Waals surface area (Å²) in [7, 11) is 0. The third kappa shape index (κ3) is 2.97. The molecule has 0 saturated carbocycles. The molecule has 0 fully saturated rings. The second kappa shape index (κ2) is 5.84. The van der Waals surface area contributed by atoms with Crippen molar-refractivity contribution in [2.24, 2.45) is 5.84 Å². The summed E-state index contributed by atoms with van der Waals surface area (Å²) in [5.74, 6) is 0.209. The summed E-state index contributed by atoms with van der Waals surface area (Å²) in [6.07, 6.45) is 0. The Bertz CT molecular complexity index is 704. The van der Waals surface area contributed by atoms with E-state index >= 15 is 0 Å². The SMILES string of the molecule is Cc1cc(NN)ccc1C(=O)Nc1ccc(F)c(F)c1F. The molecule has 2 aromatic carbocycles. The Morgan fingerprint density at radius 1 is 1.10 bits per heavy atom. The van der Waals surface area contributed by atoms with Crippen molar-refractivity contribution in [2.45, 2.75) is 6.92 Å². The van der Waals surface area contributed by atoms with Crippen LogP contribution in [0.4, 0.5) is 24.5 Å². The van der Waals surface area contributed by atoms with E-state index in [1.54, 1.807) is 19.1 Å². The molecule has 0 aliphatic rings. The molecule has 1 amide bonds. The molecular formula is C14H12F3N3O. The first-order valence-corrected chi connectivity index (χ1v) is 5.96. The Morgan fingerprint density at radius 3 is 2.43 bits per heavy atom. The van der Waals surface area contributed by atoms with Crippen molar-refractivity contribution >= 4 is 17.3 Å². The maximum atomic E-state index is 13.5. The largest absolute Gasteiger partial charge is 0.324 e. The zero-order chi connectivity index (χ0) is 15.6. The molecule has 0 radical (unpaired) electrons. The molecule has 0 saturated heterocycles. The van der Waals surface area contributed by atoms with Crippen LogP contribution in [0.25, 0.3) is 0 Å². The van der Waals surface area contributed by atoms with Crippen molar-refractivity contribution in [3.05, 3.63) is 58.9 Å². The standard InChI is InChI=1S/C14H12F3N3O/c1-7-6-8(20-18)2-3-9(7)14(21)19-11-5-4-10(15)12(16)13(11)17/h2-6,20H,18H2,1H3,(H,19,21). The van der Waals surface area contributed by atoms with Crippen LogP contribution < -0.4 is 16.6 Å². The highest BCUT2D eigenvalue weighted by Crippen LogP contribution is 2.21. The summed E-state index contributed by atoms with van der Waals surface area (Å²) in [4.78, 5) is 12.0. The van der Waals surface area contributed by atoms with Gasteiger partial charge in [-0.1, -0.05) is 0 Å². The molecule has 0 atom stereocenters. The molecule has 0 spiro atoms. The first-order chi connectivity index (χ1) is 9.93. The van der Waals surface area contributed by atoms with E-state index in [9.17, 15) is 18.0 Å². The lowest BCUT2D eigenvalue weighted by atomic mass is 10.1. The van der Waals surface area contributed by atoms with Crippen molar-refractivity contribution in [3.8, 4) is 0 Å². The van der Waals surface area contributed by atoms with Crippen molar-refractivity contribution in [3.63, 3.8) is 0 Å². The zero-order valence-electron chi connectivity index (χ0n) is 11.0. The molecule has 0 unspecified atom stereocenters. The summed E-state index contributed by atoms with van der Waals surface area (Å²) < 4.78 is 39.4. The van der Waals surface area contributed by atoms with Crippen molar-refractivity contribution < 1.29 is 18.0 Å². The number of benzene rings is 2. The fourth-order valence-corrected chi connectivity index (χ4v) is 1.82. The summed E-state index contributed by atoms with van der Waals surface area (Å²) in [6, 6.07) is 6.36. The minimum Gasteiger partial charge on any atom is -0.324 e. The predicted molar refractivity (Wildman–Crippen MR) is 73.3 cm³/mol. The van der Waals surface area contributed by atoms with E-state index in [0.717, 1.165) is 12.1 Å². The number of hydrogen-bond acceptors (Lipinski definition) is 3. The topological polar surface area (TPSA) is 67.1 Å². The van der Waals surface area contributed by atoms with Crippen LogP contribution in [-0.2, 0) is 0 Å². The van der Waals surface area contributed by atoms with Crippen molar-refractivity contribution in [2.75, 3.05) is 10.7 Å². The van der Waals surface area contributed by atoms with Crippen molar-refractivity contribution in [1.82, 2.24) is 0 Å². The van der Waals surface area contributed by atoms with Crippen LogP contribution >= 0.6 is 0 Å². The Kier molecular flexibility index (Phi) is 4.13. The molecule has 0 aromatic heterocycles. The van der Waals surface area contributed by atoms with E-state index in [1.165, 1.54) is 6.07 Å². The molecule has 0 aliphatic carbocycles. The van der Waals surface area contributed by atoms with Gasteiger partial charge in [-0.2, -0.15) is 0 Å². The first-order valence-electron chi connectivity index (χ1n) is 5.96. The lowest BCUT2D eigenvalue weighted by Gasteiger charge is -2.10. The minimum atomic E-state index is -1.63. The normalized spacial score (nSPS) is 10.3. The number of carbonyl (C=O) groups is 1. The van der Waals surface area contributed by atoms with Crippen molar-refractivity contribution in [1.29, 1.82) is 0 Å². The van der Waals surface area contributed by atoms with Crippen LogP contribution in [0.2, 0.25) is 0 Å². The Hall–Kier alpha value is -2.54. The van der Waals surface area contributed by atoms with Crippen LogP contribution in [0, 0.1) is 24.4 Å². The van der Waals surface area contributed by atoms with Gasteiger partial charge in [0.15, 0.2) is 17.5 Å². The number of hydrazine groups is 1. The number of nitrogens with two attached hydrogens (primary N) is 1. The van der Waals surface area contributed by atoms with E-state index in [-0.39, 0.29) is 5.56 Å². The number of carbonyl (C=O) groups excluding carboxylic acids is 1. The number of amides is 1. The predicted octanol–water partition coefficient (Wildman–Crippen LogP) is 2.95. The summed E-state index contributed by atoms with van der Waals surface area (Å²) in [5.41, 5.74) is 3.44. The molecule has 0 heterocycles. The number of aryl methyl sites for hydroxylation is 1.